The molecule has 1 aromatic rings. The number of hydrogen-bond acceptors (Lipinski definition) is 2. The summed E-state index contributed by atoms with van der Waals surface area (Å²) >= 11 is 0. The lowest BCUT2D eigenvalue weighted by molar-refractivity contribution is -0.138. The Labute approximate surface area is 135 Å². The Morgan fingerprint density at radius 2 is 1.87 bits per heavy atom. The predicted octanol–water partition coefficient (Wildman–Crippen LogP) is 5.32. The summed E-state index contributed by atoms with van der Waals surface area (Å²) in [6.07, 6.45) is -2.16. The zero-order valence-corrected chi connectivity index (χ0v) is 13.7. The van der Waals surface area contributed by atoms with Gasteiger partial charge in [0.2, 0.25) is 0 Å². The van der Waals surface area contributed by atoms with Gasteiger partial charge in [-0.05, 0) is 42.7 Å². The second-order valence-corrected chi connectivity index (χ2v) is 6.81. The molecule has 3 atom stereocenters. The molecule has 1 aliphatic carbocycles. The molecule has 0 aromatic heterocycles. The van der Waals surface area contributed by atoms with Crippen molar-refractivity contribution >= 4 is 5.97 Å². The summed E-state index contributed by atoms with van der Waals surface area (Å²) in [7, 11) is 0. The van der Waals surface area contributed by atoms with Gasteiger partial charge < -0.3 is 4.74 Å². The van der Waals surface area contributed by atoms with Crippen LogP contribution in [0.25, 0.3) is 0 Å². The molecule has 0 spiro atoms. The molecule has 0 saturated heterocycles. The van der Waals surface area contributed by atoms with Crippen molar-refractivity contribution in [1.82, 2.24) is 0 Å². The zero-order chi connectivity index (χ0) is 17.2. The Morgan fingerprint density at radius 3 is 2.48 bits per heavy atom. The van der Waals surface area contributed by atoms with E-state index in [2.05, 4.69) is 20.8 Å². The third-order valence-electron chi connectivity index (χ3n) is 4.67. The normalized spacial score (nSPS) is 25.4. The molecule has 0 aliphatic heterocycles. The first kappa shape index (κ1) is 17.8. The minimum Gasteiger partial charge on any atom is -0.458 e. The van der Waals surface area contributed by atoms with Crippen LogP contribution in [0, 0.1) is 17.8 Å². The molecule has 1 aliphatic rings. The number of halogens is 3. The van der Waals surface area contributed by atoms with Gasteiger partial charge >= 0.3 is 12.1 Å². The molecule has 0 amide bonds. The molecule has 1 fully saturated rings. The summed E-state index contributed by atoms with van der Waals surface area (Å²) in [5.41, 5.74) is -1.34. The maximum absolute atomic E-state index is 13.0. The zero-order valence-electron chi connectivity index (χ0n) is 13.7. The third kappa shape index (κ3) is 4.27. The largest absolute Gasteiger partial charge is 0.458 e. The van der Waals surface area contributed by atoms with Gasteiger partial charge in [0.15, 0.2) is 0 Å². The molecule has 0 radical (unpaired) electrons. The highest BCUT2D eigenvalue weighted by atomic mass is 19.4. The van der Waals surface area contributed by atoms with Crippen LogP contribution in [0.2, 0.25) is 0 Å². The fourth-order valence-corrected chi connectivity index (χ4v) is 3.36. The number of rotatable bonds is 3. The van der Waals surface area contributed by atoms with Crippen LogP contribution in [0.4, 0.5) is 13.2 Å². The SMILES string of the molecule is CC(C)[C@@H]1CC[C@@H](C)C[C@H]1OC(=O)c1ccccc1C(F)(F)F. The Hall–Kier alpha value is -1.52. The van der Waals surface area contributed by atoms with Crippen molar-refractivity contribution < 1.29 is 22.7 Å². The van der Waals surface area contributed by atoms with Gasteiger partial charge in [0.25, 0.3) is 0 Å². The summed E-state index contributed by atoms with van der Waals surface area (Å²) in [6.45, 7) is 6.21. The number of hydrogen-bond donors (Lipinski definition) is 0. The highest BCUT2D eigenvalue weighted by Crippen LogP contribution is 2.37. The van der Waals surface area contributed by atoms with E-state index in [1.807, 2.05) is 0 Å². The van der Waals surface area contributed by atoms with Crippen molar-refractivity contribution in [3.05, 3.63) is 35.4 Å². The van der Waals surface area contributed by atoms with Crippen LogP contribution < -0.4 is 0 Å². The van der Waals surface area contributed by atoms with Gasteiger partial charge in [-0.1, -0.05) is 39.3 Å². The Balaban J connectivity index is 2.21. The summed E-state index contributed by atoms with van der Waals surface area (Å²) < 4.78 is 44.7. The second kappa shape index (κ2) is 6.93. The minimum atomic E-state index is -4.56. The van der Waals surface area contributed by atoms with Crippen LogP contribution in [0.1, 0.15) is 56.0 Å². The number of alkyl halides is 3. The lowest BCUT2D eigenvalue weighted by atomic mass is 9.75. The Kier molecular flexibility index (Phi) is 5.37. The quantitative estimate of drug-likeness (QED) is 0.702. The molecule has 128 valence electrons. The predicted molar refractivity (Wildman–Crippen MR) is 82.0 cm³/mol. The van der Waals surface area contributed by atoms with Crippen LogP contribution in [-0.4, -0.2) is 12.1 Å². The molecule has 1 aromatic carbocycles. The molecule has 0 unspecified atom stereocenters. The van der Waals surface area contributed by atoms with Crippen molar-refractivity contribution in [2.45, 2.75) is 52.3 Å². The van der Waals surface area contributed by atoms with Gasteiger partial charge in [-0.3, -0.25) is 0 Å². The Bertz CT molecular complexity index is 551. The molecule has 2 rings (SSSR count). The number of carbonyl (C=O) groups excluding carboxylic acids is 1. The van der Waals surface area contributed by atoms with Crippen molar-refractivity contribution in [3.63, 3.8) is 0 Å². The smallest absolute Gasteiger partial charge is 0.417 e. The monoisotopic (exact) mass is 328 g/mol. The first-order valence-electron chi connectivity index (χ1n) is 8.07. The second-order valence-electron chi connectivity index (χ2n) is 6.81. The molecular weight excluding hydrogens is 305 g/mol. The van der Waals surface area contributed by atoms with Crippen molar-refractivity contribution in [3.8, 4) is 0 Å². The Morgan fingerprint density at radius 1 is 1.22 bits per heavy atom. The standard InChI is InChI=1S/C18H23F3O2/c1-11(2)13-9-8-12(3)10-16(13)23-17(22)14-6-4-5-7-15(14)18(19,20)21/h4-7,11-13,16H,8-10H2,1-3H3/t12-,13+,16-/m1/s1. The van der Waals surface area contributed by atoms with E-state index in [9.17, 15) is 18.0 Å². The van der Waals surface area contributed by atoms with Gasteiger partial charge in [-0.15, -0.1) is 0 Å². The maximum atomic E-state index is 13.0. The lowest BCUT2D eigenvalue weighted by Crippen LogP contribution is -2.36. The summed E-state index contributed by atoms with van der Waals surface area (Å²) in [5.74, 6) is 0.0784. The number of ether oxygens (including phenoxy) is 1. The average molecular weight is 328 g/mol. The van der Waals surface area contributed by atoms with Gasteiger partial charge in [-0.2, -0.15) is 13.2 Å². The number of benzene rings is 1. The van der Waals surface area contributed by atoms with Crippen molar-refractivity contribution in [1.29, 1.82) is 0 Å². The van der Waals surface area contributed by atoms with Crippen LogP contribution in [0.15, 0.2) is 24.3 Å². The first-order chi connectivity index (χ1) is 10.7. The lowest BCUT2D eigenvalue weighted by Gasteiger charge is -2.36. The summed E-state index contributed by atoms with van der Waals surface area (Å²) in [6, 6.07) is 4.80. The minimum absolute atomic E-state index is 0.202. The number of carbonyl (C=O) groups is 1. The van der Waals surface area contributed by atoms with E-state index in [1.54, 1.807) is 0 Å². The van der Waals surface area contributed by atoms with Crippen molar-refractivity contribution in [2.75, 3.05) is 0 Å². The fourth-order valence-electron chi connectivity index (χ4n) is 3.36. The van der Waals surface area contributed by atoms with E-state index in [0.29, 0.717) is 18.3 Å². The van der Waals surface area contributed by atoms with Crippen LogP contribution >= 0.6 is 0 Å². The van der Waals surface area contributed by atoms with Crippen LogP contribution in [0.5, 0.6) is 0 Å². The van der Waals surface area contributed by atoms with Crippen LogP contribution in [0.3, 0.4) is 0 Å². The highest BCUT2D eigenvalue weighted by molar-refractivity contribution is 5.91. The van der Waals surface area contributed by atoms with Crippen molar-refractivity contribution in [2.24, 2.45) is 17.8 Å². The maximum Gasteiger partial charge on any atom is 0.417 e. The van der Waals surface area contributed by atoms with E-state index in [4.69, 9.17) is 4.74 Å². The van der Waals surface area contributed by atoms with Gasteiger partial charge in [0.05, 0.1) is 11.1 Å². The topological polar surface area (TPSA) is 26.3 Å². The van der Waals surface area contributed by atoms with E-state index < -0.39 is 23.3 Å². The average Bonchev–Trinajstić information content (AvgIpc) is 2.46. The van der Waals surface area contributed by atoms with E-state index in [0.717, 1.165) is 18.9 Å². The van der Waals surface area contributed by atoms with E-state index in [-0.39, 0.29) is 12.0 Å². The molecular formula is C18H23F3O2. The van der Waals surface area contributed by atoms with E-state index >= 15 is 0 Å². The molecule has 0 bridgehead atoms. The molecule has 23 heavy (non-hydrogen) atoms. The summed E-state index contributed by atoms with van der Waals surface area (Å²) in [4.78, 5) is 12.3. The van der Waals surface area contributed by atoms with Crippen LogP contribution in [-0.2, 0) is 10.9 Å². The van der Waals surface area contributed by atoms with Gasteiger partial charge in [-0.25, -0.2) is 4.79 Å². The first-order valence-corrected chi connectivity index (χ1v) is 8.07. The summed E-state index contributed by atoms with van der Waals surface area (Å²) in [5, 5.41) is 0. The molecule has 2 nitrogen and oxygen atoms in total. The highest BCUT2D eigenvalue weighted by Gasteiger charge is 2.38. The third-order valence-corrected chi connectivity index (χ3v) is 4.67. The van der Waals surface area contributed by atoms with Gasteiger partial charge in [0.1, 0.15) is 6.10 Å². The fraction of sp³-hybridized carbons (Fsp3) is 0.611. The number of esters is 1. The van der Waals surface area contributed by atoms with E-state index in [1.165, 1.54) is 18.2 Å². The van der Waals surface area contributed by atoms with Gasteiger partial charge in [0, 0.05) is 0 Å². The molecule has 0 heterocycles. The molecule has 1 saturated carbocycles. The molecule has 5 heteroatoms. The molecule has 0 N–H and O–H groups in total.